The molecule has 6 nitrogen and oxygen atoms in total. The van der Waals surface area contributed by atoms with E-state index in [1.165, 1.54) is 6.92 Å². The van der Waals surface area contributed by atoms with E-state index in [0.717, 1.165) is 12.1 Å². The molecule has 23 heavy (non-hydrogen) atoms. The zero-order valence-electron chi connectivity index (χ0n) is 13.7. The highest BCUT2D eigenvalue weighted by Crippen LogP contribution is 2.17. The molecule has 0 saturated heterocycles. The molecule has 2 aromatic rings. The Bertz CT molecular complexity index is 677. The molecule has 1 heterocycles. The van der Waals surface area contributed by atoms with Crippen molar-refractivity contribution in [3.8, 4) is 5.69 Å². The molecule has 0 unspecified atom stereocenters. The number of hydrogen-bond acceptors (Lipinski definition) is 3. The predicted octanol–water partition coefficient (Wildman–Crippen LogP) is 2.61. The number of carbonyl (C=O) groups excluding carboxylic acids is 2. The van der Waals surface area contributed by atoms with Crippen LogP contribution >= 0.6 is 0 Å². The van der Waals surface area contributed by atoms with Gasteiger partial charge in [0.15, 0.2) is 5.69 Å². The van der Waals surface area contributed by atoms with Gasteiger partial charge in [-0.2, -0.15) is 5.10 Å². The Kier molecular flexibility index (Phi) is 5.51. The number of anilines is 1. The van der Waals surface area contributed by atoms with Crippen molar-refractivity contribution in [2.45, 2.75) is 27.2 Å². The molecule has 0 bridgehead atoms. The third-order valence-corrected chi connectivity index (χ3v) is 3.25. The topological polar surface area (TPSA) is 76.0 Å². The van der Waals surface area contributed by atoms with Crippen LogP contribution in [0.4, 0.5) is 5.82 Å². The number of para-hydroxylation sites is 1. The Morgan fingerprint density at radius 3 is 2.52 bits per heavy atom. The molecule has 1 aromatic carbocycles. The second-order valence-electron chi connectivity index (χ2n) is 5.78. The van der Waals surface area contributed by atoms with Crippen molar-refractivity contribution in [2.75, 3.05) is 11.9 Å². The summed E-state index contributed by atoms with van der Waals surface area (Å²) in [7, 11) is 0. The summed E-state index contributed by atoms with van der Waals surface area (Å²) in [6.07, 6.45) is 0.906. The molecule has 0 saturated carbocycles. The number of rotatable bonds is 6. The van der Waals surface area contributed by atoms with Crippen molar-refractivity contribution < 1.29 is 9.59 Å². The normalized spacial score (nSPS) is 10.6. The van der Waals surface area contributed by atoms with E-state index >= 15 is 0 Å². The molecule has 2 rings (SSSR count). The molecule has 1 aromatic heterocycles. The van der Waals surface area contributed by atoms with Gasteiger partial charge >= 0.3 is 0 Å². The zero-order valence-corrected chi connectivity index (χ0v) is 13.7. The van der Waals surface area contributed by atoms with Gasteiger partial charge < -0.3 is 10.6 Å². The lowest BCUT2D eigenvalue weighted by atomic mass is 10.1. The summed E-state index contributed by atoms with van der Waals surface area (Å²) in [4.78, 5) is 23.6. The quantitative estimate of drug-likeness (QED) is 0.860. The van der Waals surface area contributed by atoms with Crippen molar-refractivity contribution in [1.29, 1.82) is 0 Å². The number of nitrogens with zero attached hydrogens (tertiary/aromatic N) is 2. The lowest BCUT2D eigenvalue weighted by Crippen LogP contribution is -2.25. The molecule has 0 radical (unpaired) electrons. The third-order valence-electron chi connectivity index (χ3n) is 3.25. The van der Waals surface area contributed by atoms with Crippen LogP contribution < -0.4 is 10.6 Å². The fourth-order valence-electron chi connectivity index (χ4n) is 2.09. The summed E-state index contributed by atoms with van der Waals surface area (Å²) in [5.41, 5.74) is 1.05. The number of amides is 2. The first kappa shape index (κ1) is 16.7. The molecule has 0 aliphatic heterocycles. The van der Waals surface area contributed by atoms with Crippen LogP contribution in [0.1, 0.15) is 37.7 Å². The lowest BCUT2D eigenvalue weighted by molar-refractivity contribution is -0.114. The monoisotopic (exact) mass is 314 g/mol. The molecule has 6 heteroatoms. The van der Waals surface area contributed by atoms with Crippen LogP contribution in [0.3, 0.4) is 0 Å². The molecule has 0 fully saturated rings. The first-order valence-electron chi connectivity index (χ1n) is 7.68. The van der Waals surface area contributed by atoms with Crippen molar-refractivity contribution in [1.82, 2.24) is 15.1 Å². The minimum atomic E-state index is -0.244. The van der Waals surface area contributed by atoms with Gasteiger partial charge in [-0.25, -0.2) is 4.68 Å². The van der Waals surface area contributed by atoms with Gasteiger partial charge in [0.1, 0.15) is 5.82 Å². The van der Waals surface area contributed by atoms with Gasteiger partial charge in [0.05, 0.1) is 5.69 Å². The highest BCUT2D eigenvalue weighted by atomic mass is 16.2. The SMILES string of the molecule is CC(=O)Nc1cc(C(=O)NCCC(C)C)nn1-c1ccccc1. The van der Waals surface area contributed by atoms with Crippen LogP contribution in [0.5, 0.6) is 0 Å². The highest BCUT2D eigenvalue weighted by molar-refractivity contribution is 5.95. The Balaban J connectivity index is 2.23. The number of benzene rings is 1. The van der Waals surface area contributed by atoms with E-state index in [1.807, 2.05) is 30.3 Å². The summed E-state index contributed by atoms with van der Waals surface area (Å²) in [5.74, 6) is 0.533. The van der Waals surface area contributed by atoms with Crippen LogP contribution in [0.15, 0.2) is 36.4 Å². The number of carbonyl (C=O) groups is 2. The Morgan fingerprint density at radius 1 is 1.22 bits per heavy atom. The maximum atomic E-state index is 12.2. The van der Waals surface area contributed by atoms with E-state index < -0.39 is 0 Å². The highest BCUT2D eigenvalue weighted by Gasteiger charge is 2.16. The molecular formula is C17H22N4O2. The molecule has 0 aliphatic carbocycles. The maximum absolute atomic E-state index is 12.2. The van der Waals surface area contributed by atoms with Gasteiger partial charge in [0.25, 0.3) is 5.91 Å². The van der Waals surface area contributed by atoms with E-state index in [1.54, 1.807) is 10.7 Å². The molecular weight excluding hydrogens is 292 g/mol. The number of aromatic nitrogens is 2. The van der Waals surface area contributed by atoms with Gasteiger partial charge in [-0.3, -0.25) is 9.59 Å². The smallest absolute Gasteiger partial charge is 0.271 e. The maximum Gasteiger partial charge on any atom is 0.271 e. The average molecular weight is 314 g/mol. The van der Waals surface area contributed by atoms with Crippen LogP contribution in [0.2, 0.25) is 0 Å². The van der Waals surface area contributed by atoms with Gasteiger partial charge in [-0.05, 0) is 24.5 Å². The summed E-state index contributed by atoms with van der Waals surface area (Å²) in [6.45, 7) is 6.23. The van der Waals surface area contributed by atoms with E-state index in [2.05, 4.69) is 29.6 Å². The first-order chi connectivity index (χ1) is 11.0. The summed E-state index contributed by atoms with van der Waals surface area (Å²) < 4.78 is 1.55. The molecule has 2 amide bonds. The second kappa shape index (κ2) is 7.58. The zero-order chi connectivity index (χ0) is 16.8. The van der Waals surface area contributed by atoms with E-state index in [4.69, 9.17) is 0 Å². The molecule has 0 atom stereocenters. The van der Waals surface area contributed by atoms with Crippen LogP contribution in [-0.4, -0.2) is 28.1 Å². The van der Waals surface area contributed by atoms with E-state index in [9.17, 15) is 9.59 Å². The van der Waals surface area contributed by atoms with Crippen molar-refractivity contribution >= 4 is 17.6 Å². The fraction of sp³-hybridized carbons (Fsp3) is 0.353. The molecule has 2 N–H and O–H groups in total. The largest absolute Gasteiger partial charge is 0.351 e. The Labute approximate surface area is 135 Å². The lowest BCUT2D eigenvalue weighted by Gasteiger charge is -2.06. The van der Waals surface area contributed by atoms with Crippen LogP contribution in [0, 0.1) is 5.92 Å². The van der Waals surface area contributed by atoms with Crippen molar-refractivity contribution in [3.63, 3.8) is 0 Å². The van der Waals surface area contributed by atoms with Crippen molar-refractivity contribution in [3.05, 3.63) is 42.1 Å². The van der Waals surface area contributed by atoms with Crippen molar-refractivity contribution in [2.24, 2.45) is 5.92 Å². The molecule has 0 aliphatic rings. The third kappa shape index (κ3) is 4.67. The molecule has 0 spiro atoms. The Hall–Kier alpha value is -2.63. The first-order valence-corrected chi connectivity index (χ1v) is 7.68. The number of nitrogens with one attached hydrogen (secondary N) is 2. The van der Waals surface area contributed by atoms with Crippen LogP contribution in [0.25, 0.3) is 5.69 Å². The van der Waals surface area contributed by atoms with E-state index in [0.29, 0.717) is 18.3 Å². The summed E-state index contributed by atoms with van der Waals surface area (Å²) >= 11 is 0. The van der Waals surface area contributed by atoms with Gasteiger partial charge in [0.2, 0.25) is 5.91 Å². The van der Waals surface area contributed by atoms with Crippen LogP contribution in [-0.2, 0) is 4.79 Å². The average Bonchev–Trinajstić information content (AvgIpc) is 2.91. The summed E-state index contributed by atoms with van der Waals surface area (Å²) in [5, 5.41) is 9.87. The number of hydrogen-bond donors (Lipinski definition) is 2. The summed E-state index contributed by atoms with van der Waals surface area (Å²) in [6, 6.07) is 10.9. The van der Waals surface area contributed by atoms with Gasteiger partial charge in [-0.15, -0.1) is 0 Å². The minimum absolute atomic E-state index is 0.214. The fourth-order valence-corrected chi connectivity index (χ4v) is 2.09. The standard InChI is InChI=1S/C17H22N4O2/c1-12(2)9-10-18-17(23)15-11-16(19-13(3)22)21(20-15)14-7-5-4-6-8-14/h4-8,11-12H,9-10H2,1-3H3,(H,18,23)(H,19,22). The van der Waals surface area contributed by atoms with E-state index in [-0.39, 0.29) is 17.5 Å². The van der Waals surface area contributed by atoms with Gasteiger partial charge in [-0.1, -0.05) is 32.0 Å². The Morgan fingerprint density at radius 2 is 1.91 bits per heavy atom. The van der Waals surface area contributed by atoms with Gasteiger partial charge in [0, 0.05) is 19.5 Å². The molecule has 122 valence electrons. The minimum Gasteiger partial charge on any atom is -0.351 e. The predicted molar refractivity (Wildman–Crippen MR) is 89.7 cm³/mol. The second-order valence-corrected chi connectivity index (χ2v) is 5.78.